The molecule has 25 heavy (non-hydrogen) atoms. The number of carbonyl (C=O) groups is 3. The third-order valence-corrected chi connectivity index (χ3v) is 6.48. The van der Waals surface area contributed by atoms with E-state index in [0.29, 0.717) is 26.1 Å². The van der Waals surface area contributed by atoms with Gasteiger partial charge in [-0.3, -0.25) is 14.4 Å². The molecule has 1 aromatic heterocycles. The predicted octanol–water partition coefficient (Wildman–Crippen LogP) is 1.02. The fraction of sp³-hybridized carbons (Fsp3) is 0.611. The molecule has 0 unspecified atom stereocenters. The Kier molecular flexibility index (Phi) is 4.50. The Balaban J connectivity index is 1.43. The van der Waals surface area contributed by atoms with Crippen LogP contribution in [0.1, 0.15) is 30.6 Å². The summed E-state index contributed by atoms with van der Waals surface area (Å²) in [5, 5.41) is 4.84. The highest BCUT2D eigenvalue weighted by atomic mass is 32.1. The van der Waals surface area contributed by atoms with Gasteiger partial charge in [-0.2, -0.15) is 0 Å². The van der Waals surface area contributed by atoms with Crippen molar-refractivity contribution in [2.45, 2.75) is 44.2 Å². The summed E-state index contributed by atoms with van der Waals surface area (Å²) < 4.78 is 0. The Morgan fingerprint density at radius 2 is 2.04 bits per heavy atom. The van der Waals surface area contributed by atoms with Crippen LogP contribution in [0, 0.1) is 5.92 Å². The summed E-state index contributed by atoms with van der Waals surface area (Å²) in [6, 6.07) is 2.91. The van der Waals surface area contributed by atoms with E-state index in [1.165, 1.54) is 0 Å². The SMILES string of the molecule is O=C1N[C@@H](Cc2cccs2)C(=O)N2CCN(C(=O)C3CCCC3)C[C@@H]12. The summed E-state index contributed by atoms with van der Waals surface area (Å²) in [4.78, 5) is 42.5. The average molecular weight is 361 g/mol. The third-order valence-electron chi connectivity index (χ3n) is 5.58. The number of fused-ring (bicyclic) bond motifs is 1. The van der Waals surface area contributed by atoms with Crippen molar-refractivity contribution < 1.29 is 14.4 Å². The van der Waals surface area contributed by atoms with Gasteiger partial charge in [0.05, 0.1) is 6.54 Å². The molecule has 1 saturated carbocycles. The molecule has 2 saturated heterocycles. The van der Waals surface area contributed by atoms with Crippen LogP contribution >= 0.6 is 11.3 Å². The van der Waals surface area contributed by atoms with E-state index in [4.69, 9.17) is 0 Å². The Hall–Kier alpha value is -1.89. The van der Waals surface area contributed by atoms with Crippen LogP contribution in [-0.2, 0) is 20.8 Å². The van der Waals surface area contributed by atoms with Crippen LogP contribution < -0.4 is 5.32 Å². The second-order valence-electron chi connectivity index (χ2n) is 7.16. The molecule has 3 amide bonds. The Morgan fingerprint density at radius 1 is 1.24 bits per heavy atom. The van der Waals surface area contributed by atoms with Crippen LogP contribution in [0.2, 0.25) is 0 Å². The summed E-state index contributed by atoms with van der Waals surface area (Å²) in [6.07, 6.45) is 4.68. The number of hydrogen-bond donors (Lipinski definition) is 1. The molecule has 3 aliphatic rings. The summed E-state index contributed by atoms with van der Waals surface area (Å²) in [5.74, 6) is 0.120. The van der Waals surface area contributed by atoms with Crippen molar-refractivity contribution in [3.8, 4) is 0 Å². The first-order chi connectivity index (χ1) is 12.1. The highest BCUT2D eigenvalue weighted by Gasteiger charge is 2.45. The predicted molar refractivity (Wildman–Crippen MR) is 94.0 cm³/mol. The van der Waals surface area contributed by atoms with Gasteiger partial charge < -0.3 is 15.1 Å². The van der Waals surface area contributed by atoms with Crippen molar-refractivity contribution >= 4 is 29.1 Å². The van der Waals surface area contributed by atoms with E-state index in [1.807, 2.05) is 17.5 Å². The van der Waals surface area contributed by atoms with Crippen LogP contribution in [0.4, 0.5) is 0 Å². The van der Waals surface area contributed by atoms with E-state index < -0.39 is 12.1 Å². The molecule has 4 rings (SSSR count). The minimum atomic E-state index is -0.536. The highest BCUT2D eigenvalue weighted by molar-refractivity contribution is 7.09. The van der Waals surface area contributed by atoms with Gasteiger partial charge in [0.1, 0.15) is 12.1 Å². The van der Waals surface area contributed by atoms with Crippen LogP contribution in [0.3, 0.4) is 0 Å². The topological polar surface area (TPSA) is 69.7 Å². The fourth-order valence-electron chi connectivity index (χ4n) is 4.20. The fourth-order valence-corrected chi connectivity index (χ4v) is 4.95. The minimum Gasteiger partial charge on any atom is -0.342 e. The number of nitrogens with zero attached hydrogens (tertiary/aromatic N) is 2. The quantitative estimate of drug-likeness (QED) is 0.874. The van der Waals surface area contributed by atoms with Gasteiger partial charge in [-0.25, -0.2) is 0 Å². The normalized spacial score (nSPS) is 27.4. The summed E-state index contributed by atoms with van der Waals surface area (Å²) in [7, 11) is 0. The molecule has 2 aliphatic heterocycles. The first-order valence-electron chi connectivity index (χ1n) is 9.05. The number of carbonyl (C=O) groups excluding carboxylic acids is 3. The lowest BCUT2D eigenvalue weighted by Gasteiger charge is -2.45. The van der Waals surface area contributed by atoms with Crippen LogP contribution in [-0.4, -0.2) is 59.2 Å². The first-order valence-corrected chi connectivity index (χ1v) is 9.93. The van der Waals surface area contributed by atoms with Gasteiger partial charge in [-0.05, 0) is 24.3 Å². The zero-order chi connectivity index (χ0) is 17.4. The van der Waals surface area contributed by atoms with E-state index in [9.17, 15) is 14.4 Å². The number of rotatable bonds is 3. The lowest BCUT2D eigenvalue weighted by Crippen LogP contribution is -2.70. The molecule has 0 aromatic carbocycles. The highest BCUT2D eigenvalue weighted by Crippen LogP contribution is 2.28. The number of hydrogen-bond acceptors (Lipinski definition) is 4. The van der Waals surface area contributed by atoms with Gasteiger partial charge in [0.15, 0.2) is 0 Å². The first kappa shape index (κ1) is 16.6. The van der Waals surface area contributed by atoms with E-state index in [-0.39, 0.29) is 23.6 Å². The second kappa shape index (κ2) is 6.78. The van der Waals surface area contributed by atoms with Gasteiger partial charge in [0, 0.05) is 30.3 Å². The molecule has 3 heterocycles. The second-order valence-corrected chi connectivity index (χ2v) is 8.19. The molecule has 134 valence electrons. The van der Waals surface area contributed by atoms with Gasteiger partial charge in [0.25, 0.3) is 0 Å². The Bertz CT molecular complexity index is 669. The van der Waals surface area contributed by atoms with Crippen LogP contribution in [0.5, 0.6) is 0 Å². The smallest absolute Gasteiger partial charge is 0.246 e. The Morgan fingerprint density at radius 3 is 2.76 bits per heavy atom. The lowest BCUT2D eigenvalue weighted by molar-refractivity contribution is -0.156. The van der Waals surface area contributed by atoms with Gasteiger partial charge in [0.2, 0.25) is 17.7 Å². The molecule has 1 aromatic rings. The molecular weight excluding hydrogens is 338 g/mol. The van der Waals surface area contributed by atoms with Crippen molar-refractivity contribution in [2.75, 3.05) is 19.6 Å². The summed E-state index contributed by atoms with van der Waals surface area (Å²) in [5.41, 5.74) is 0. The van der Waals surface area contributed by atoms with Crippen molar-refractivity contribution in [3.63, 3.8) is 0 Å². The third kappa shape index (κ3) is 3.17. The largest absolute Gasteiger partial charge is 0.342 e. The minimum absolute atomic E-state index is 0.0223. The number of thiophene rings is 1. The maximum absolute atomic E-state index is 12.8. The average Bonchev–Trinajstić information content (AvgIpc) is 3.32. The monoisotopic (exact) mass is 361 g/mol. The molecule has 0 spiro atoms. The molecule has 0 radical (unpaired) electrons. The van der Waals surface area contributed by atoms with Gasteiger partial charge in [-0.15, -0.1) is 11.3 Å². The molecule has 1 N–H and O–H groups in total. The van der Waals surface area contributed by atoms with Crippen molar-refractivity contribution in [2.24, 2.45) is 5.92 Å². The Labute approximate surface area is 151 Å². The molecule has 0 bridgehead atoms. The molecule has 7 heteroatoms. The zero-order valence-corrected chi connectivity index (χ0v) is 15.0. The maximum atomic E-state index is 12.8. The number of amides is 3. The van der Waals surface area contributed by atoms with Crippen molar-refractivity contribution in [3.05, 3.63) is 22.4 Å². The van der Waals surface area contributed by atoms with Crippen molar-refractivity contribution in [1.29, 1.82) is 0 Å². The molecular formula is C18H23N3O3S. The van der Waals surface area contributed by atoms with E-state index in [2.05, 4.69) is 5.32 Å². The number of piperazine rings is 2. The van der Waals surface area contributed by atoms with Gasteiger partial charge >= 0.3 is 0 Å². The molecule has 6 nitrogen and oxygen atoms in total. The lowest BCUT2D eigenvalue weighted by atomic mass is 10.00. The van der Waals surface area contributed by atoms with Crippen LogP contribution in [0.25, 0.3) is 0 Å². The molecule has 1 aliphatic carbocycles. The summed E-state index contributed by atoms with van der Waals surface area (Å²) >= 11 is 1.59. The molecule has 2 atom stereocenters. The van der Waals surface area contributed by atoms with E-state index in [1.54, 1.807) is 21.1 Å². The molecule has 3 fully saturated rings. The number of nitrogens with one attached hydrogen (secondary N) is 1. The standard InChI is InChI=1S/C18H23N3O3S/c22-16-15-11-20(17(23)12-4-1-2-5-12)7-8-21(15)18(24)14(19-16)10-13-6-3-9-25-13/h3,6,9,12,14-15H,1-2,4-5,7-8,10-11H2,(H,19,22)/t14-,15-/m0/s1. The zero-order valence-electron chi connectivity index (χ0n) is 14.1. The summed E-state index contributed by atoms with van der Waals surface area (Å²) in [6.45, 7) is 1.32. The van der Waals surface area contributed by atoms with Gasteiger partial charge in [-0.1, -0.05) is 18.9 Å². The van der Waals surface area contributed by atoms with E-state index >= 15 is 0 Å². The van der Waals surface area contributed by atoms with Crippen molar-refractivity contribution in [1.82, 2.24) is 15.1 Å². The maximum Gasteiger partial charge on any atom is 0.246 e. The van der Waals surface area contributed by atoms with Crippen LogP contribution in [0.15, 0.2) is 17.5 Å². The van der Waals surface area contributed by atoms with E-state index in [0.717, 1.165) is 30.6 Å².